The molecule has 0 spiro atoms. The lowest BCUT2D eigenvalue weighted by Crippen LogP contribution is -2.38. The Balaban J connectivity index is 1.33. The van der Waals surface area contributed by atoms with Gasteiger partial charge in [-0.3, -0.25) is 28.2 Å². The van der Waals surface area contributed by atoms with E-state index in [2.05, 4.69) is 25.2 Å². The van der Waals surface area contributed by atoms with Crippen LogP contribution in [-0.2, 0) is 40.8 Å². The van der Waals surface area contributed by atoms with E-state index < -0.39 is 116 Å². The number of aromatic nitrogens is 6. The number of hydrogen-bond donors (Lipinski definition) is 2. The number of nitrogens with zero attached hydrogens (tertiary/aromatic N) is 6. The van der Waals surface area contributed by atoms with Crippen LogP contribution >= 0.6 is 11.6 Å². The number of anilines is 1. The normalized spacial score (nSPS) is 17.3. The minimum absolute atomic E-state index is 0.00354. The van der Waals surface area contributed by atoms with E-state index in [0.717, 1.165) is 45.8 Å². The number of hydrogen-bond acceptors (Lipinski definition) is 7. The van der Waals surface area contributed by atoms with Crippen LogP contribution in [0.5, 0.6) is 0 Å². The Morgan fingerprint density at radius 1 is 1.00 bits per heavy atom. The number of carbonyl (C=O) groups is 1. The van der Waals surface area contributed by atoms with Gasteiger partial charge in [0.05, 0.1) is 39.6 Å². The van der Waals surface area contributed by atoms with E-state index in [1.807, 2.05) is 0 Å². The van der Waals surface area contributed by atoms with Crippen molar-refractivity contribution in [3.05, 3.63) is 122 Å². The first-order valence-electron chi connectivity index (χ1n) is 17.5. The van der Waals surface area contributed by atoms with Gasteiger partial charge in [0.15, 0.2) is 5.82 Å². The maximum atomic E-state index is 15.4. The number of fused-ring (bicyclic) bond motifs is 4. The molecule has 0 radical (unpaired) electrons. The average molecular weight is 867 g/mol. The van der Waals surface area contributed by atoms with E-state index in [-0.39, 0.29) is 45.0 Å². The lowest BCUT2D eigenvalue weighted by molar-refractivity contribution is -0.123. The third kappa shape index (κ3) is 7.19. The summed E-state index contributed by atoms with van der Waals surface area (Å²) in [5.74, 6) is -11.8. The number of alkyl halides is 4. The molecular weight excluding hydrogens is 840 g/mol. The number of halogens is 9. The Hall–Kier alpha value is -5.83. The molecule has 1 fully saturated rings. The Morgan fingerprint density at radius 2 is 1.71 bits per heavy atom. The number of amides is 1. The molecule has 2 aliphatic rings. The summed E-state index contributed by atoms with van der Waals surface area (Å²) in [5.41, 5.74) is -4.15. The average Bonchev–Trinajstić information content (AvgIpc) is 3.66. The highest BCUT2D eigenvalue weighted by Crippen LogP contribution is 2.68. The van der Waals surface area contributed by atoms with E-state index in [4.69, 9.17) is 11.6 Å². The molecule has 59 heavy (non-hydrogen) atoms. The molecule has 8 rings (SSSR count). The number of sulfonamides is 1. The highest BCUT2D eigenvalue weighted by molar-refractivity contribution is 7.92. The zero-order valence-corrected chi connectivity index (χ0v) is 31.8. The molecule has 22 heteroatoms. The molecule has 1 amide bonds. The van der Waals surface area contributed by atoms with Gasteiger partial charge in [0, 0.05) is 48.7 Å². The fraction of sp³-hybridized carbons (Fsp3) is 0.270. The second-order valence-electron chi connectivity index (χ2n) is 14.2. The van der Waals surface area contributed by atoms with Crippen LogP contribution in [0.2, 0.25) is 5.02 Å². The number of aryl methyl sites for hydroxylation is 1. The minimum Gasteiger partial charge on any atom is -0.344 e. The van der Waals surface area contributed by atoms with Crippen LogP contribution in [0.3, 0.4) is 0 Å². The molecule has 1 saturated carbocycles. The molecule has 1 unspecified atom stereocenters. The Morgan fingerprint density at radius 3 is 2.37 bits per heavy atom. The fourth-order valence-corrected chi connectivity index (χ4v) is 8.46. The third-order valence-corrected chi connectivity index (χ3v) is 10.9. The quantitative estimate of drug-likeness (QED) is 0.136. The summed E-state index contributed by atoms with van der Waals surface area (Å²) in [5, 5.41) is 10.3. The van der Waals surface area contributed by atoms with Crippen molar-refractivity contribution >= 4 is 44.3 Å². The van der Waals surface area contributed by atoms with Crippen molar-refractivity contribution in [2.24, 2.45) is 13.0 Å². The molecule has 3 aromatic carbocycles. The molecule has 12 nitrogen and oxygen atoms in total. The van der Waals surface area contributed by atoms with Crippen molar-refractivity contribution in [3.8, 4) is 16.9 Å². The molecule has 3 aromatic heterocycles. The van der Waals surface area contributed by atoms with Crippen molar-refractivity contribution in [1.82, 2.24) is 34.4 Å². The van der Waals surface area contributed by atoms with Gasteiger partial charge in [0.25, 0.3) is 17.9 Å². The predicted molar refractivity (Wildman–Crippen MR) is 196 cm³/mol. The van der Waals surface area contributed by atoms with E-state index in [9.17, 15) is 40.0 Å². The highest BCUT2D eigenvalue weighted by atomic mass is 35.5. The van der Waals surface area contributed by atoms with Gasteiger partial charge in [-0.2, -0.15) is 19.0 Å². The zero-order chi connectivity index (χ0) is 42.5. The molecule has 0 saturated heterocycles. The molecule has 2 aliphatic carbocycles. The number of carbonyl (C=O) groups excluding carboxylic acids is 1. The number of rotatable bonds is 11. The smallest absolute Gasteiger partial charge is 0.293 e. The standard InChI is InChI=1S/C37H27ClF8N8O4S/c1-52-32-26(6-5-22(38)30(32)35(50-52)51-59(2,57)58)54-28(56)13-24(19-4-3-16(39)11-23(19)42)48-36(54)25(9-15-7-17(40)10-18(41)8-15)47-27(55)14-53-33-29(31(49-53)34(43)44)20-12-21(20)37(33,45)46/h3-8,10-11,13,20-21,25,34H,9,12,14H2,1-2H3,(H,47,55)(H,50,51)/t20-,21?,25+/m1/s1. The second kappa shape index (κ2) is 14.2. The molecule has 3 atom stereocenters. The summed E-state index contributed by atoms with van der Waals surface area (Å²) in [6.07, 6.45) is -3.03. The van der Waals surface area contributed by atoms with Crippen molar-refractivity contribution < 1.29 is 48.3 Å². The van der Waals surface area contributed by atoms with Gasteiger partial charge in [0.1, 0.15) is 47.0 Å². The summed E-state index contributed by atoms with van der Waals surface area (Å²) in [4.78, 5) is 32.8. The molecule has 0 bridgehead atoms. The molecule has 0 aliphatic heterocycles. The van der Waals surface area contributed by atoms with E-state index in [0.29, 0.717) is 16.8 Å². The van der Waals surface area contributed by atoms with Crippen molar-refractivity contribution in [2.45, 2.75) is 43.7 Å². The van der Waals surface area contributed by atoms with E-state index in [1.54, 1.807) is 0 Å². The Labute approximate surface area is 332 Å². The van der Waals surface area contributed by atoms with Crippen LogP contribution in [0.25, 0.3) is 27.8 Å². The highest BCUT2D eigenvalue weighted by Gasteiger charge is 2.67. The van der Waals surface area contributed by atoms with Gasteiger partial charge in [0.2, 0.25) is 15.9 Å². The van der Waals surface area contributed by atoms with Gasteiger partial charge < -0.3 is 5.32 Å². The maximum absolute atomic E-state index is 15.4. The third-order valence-electron chi connectivity index (χ3n) is 10.1. The van der Waals surface area contributed by atoms with Gasteiger partial charge in [-0.05, 0) is 54.3 Å². The van der Waals surface area contributed by atoms with Crippen molar-refractivity contribution in [2.75, 3.05) is 11.0 Å². The van der Waals surface area contributed by atoms with E-state index in [1.165, 1.54) is 19.2 Å². The molecular formula is C37H27ClF8N8O4S. The lowest BCUT2D eigenvalue weighted by Gasteiger charge is -2.24. The van der Waals surface area contributed by atoms with Crippen LogP contribution in [0.1, 0.15) is 53.1 Å². The van der Waals surface area contributed by atoms with E-state index >= 15 is 13.2 Å². The first-order chi connectivity index (χ1) is 27.7. The molecule has 308 valence electrons. The lowest BCUT2D eigenvalue weighted by atomic mass is 10.0. The summed E-state index contributed by atoms with van der Waals surface area (Å²) < 4.78 is 147. The van der Waals surface area contributed by atoms with Gasteiger partial charge >= 0.3 is 0 Å². The first kappa shape index (κ1) is 40.0. The van der Waals surface area contributed by atoms with Crippen LogP contribution in [0.15, 0.2) is 59.4 Å². The summed E-state index contributed by atoms with van der Waals surface area (Å²) in [7, 11) is -2.58. The summed E-state index contributed by atoms with van der Waals surface area (Å²) in [6.45, 7) is -1.07. The largest absolute Gasteiger partial charge is 0.344 e. The summed E-state index contributed by atoms with van der Waals surface area (Å²) in [6, 6.07) is 6.46. The number of nitrogens with one attached hydrogen (secondary N) is 2. The van der Waals surface area contributed by atoms with Crippen LogP contribution in [-0.4, -0.2) is 49.7 Å². The Bertz CT molecular complexity index is 2900. The predicted octanol–water partition coefficient (Wildman–Crippen LogP) is 6.81. The van der Waals surface area contributed by atoms with Gasteiger partial charge in [-0.1, -0.05) is 11.6 Å². The van der Waals surface area contributed by atoms with Crippen LogP contribution in [0, 0.1) is 29.2 Å². The maximum Gasteiger partial charge on any atom is 0.293 e. The first-order valence-corrected chi connectivity index (χ1v) is 19.7. The topological polar surface area (TPSA) is 146 Å². The van der Waals surface area contributed by atoms with Crippen LogP contribution in [0.4, 0.5) is 40.9 Å². The fourth-order valence-electron chi connectivity index (χ4n) is 7.72. The van der Waals surface area contributed by atoms with Gasteiger partial charge in [-0.15, -0.1) is 0 Å². The SMILES string of the molecule is Cn1nc(NS(C)(=O)=O)c2c(Cl)ccc(-n3c([C@H](Cc4cc(F)cc(F)c4)NC(=O)Cn4nc(C(F)F)c5c4C(F)(F)C4C[C@@H]54)nc(-c4ccc(F)cc4F)cc3=O)c21. The van der Waals surface area contributed by atoms with Crippen LogP contribution < -0.4 is 15.6 Å². The molecule has 3 heterocycles. The second-order valence-corrected chi connectivity index (χ2v) is 16.4. The minimum atomic E-state index is -3.95. The monoisotopic (exact) mass is 866 g/mol. The zero-order valence-electron chi connectivity index (χ0n) is 30.3. The molecule has 2 N–H and O–H groups in total. The van der Waals surface area contributed by atoms with Crippen molar-refractivity contribution in [1.29, 1.82) is 0 Å². The molecule has 6 aromatic rings. The number of benzene rings is 3. The van der Waals surface area contributed by atoms with Gasteiger partial charge in [-0.25, -0.2) is 39.7 Å². The summed E-state index contributed by atoms with van der Waals surface area (Å²) >= 11 is 6.52. The Kier molecular flexibility index (Phi) is 9.60. The van der Waals surface area contributed by atoms with Crippen molar-refractivity contribution in [3.63, 3.8) is 0 Å².